The first-order chi connectivity index (χ1) is 14.1. The molecule has 1 aromatic heterocycles. The van der Waals surface area contributed by atoms with E-state index in [1.807, 2.05) is 66.7 Å². The summed E-state index contributed by atoms with van der Waals surface area (Å²) >= 11 is 0. The molecule has 146 valence electrons. The van der Waals surface area contributed by atoms with Crippen LogP contribution in [0.3, 0.4) is 0 Å². The van der Waals surface area contributed by atoms with Crippen molar-refractivity contribution in [2.24, 2.45) is 0 Å². The fourth-order valence-corrected chi connectivity index (χ4v) is 3.16. The molecule has 2 N–H and O–H groups in total. The molecule has 1 atom stereocenters. The van der Waals surface area contributed by atoms with E-state index in [9.17, 15) is 4.79 Å². The number of nitrogens with one attached hydrogen (secondary N) is 2. The van der Waals surface area contributed by atoms with E-state index in [0.29, 0.717) is 22.9 Å². The van der Waals surface area contributed by atoms with Gasteiger partial charge in [0, 0.05) is 24.4 Å². The third kappa shape index (κ3) is 4.21. The van der Waals surface area contributed by atoms with E-state index in [4.69, 9.17) is 9.15 Å². The Kier molecular flexibility index (Phi) is 5.16. The molecule has 6 nitrogen and oxygen atoms in total. The van der Waals surface area contributed by atoms with Crippen molar-refractivity contribution in [1.82, 2.24) is 4.98 Å². The smallest absolute Gasteiger partial charge is 0.251 e. The Labute approximate surface area is 168 Å². The number of amides is 1. The van der Waals surface area contributed by atoms with E-state index < -0.39 is 6.04 Å². The van der Waals surface area contributed by atoms with Gasteiger partial charge in [0.1, 0.15) is 17.3 Å². The fraction of sp³-hybridized carbons (Fsp3) is 0.130. The number of carbonyl (C=O) groups is 1. The quantitative estimate of drug-likeness (QED) is 0.490. The third-order valence-corrected chi connectivity index (χ3v) is 4.54. The number of rotatable bonds is 6. The van der Waals surface area contributed by atoms with Gasteiger partial charge in [-0.2, -0.15) is 0 Å². The van der Waals surface area contributed by atoms with Gasteiger partial charge in [0.25, 0.3) is 5.91 Å². The molecule has 0 saturated heterocycles. The van der Waals surface area contributed by atoms with E-state index in [1.165, 1.54) is 0 Å². The van der Waals surface area contributed by atoms with Crippen LogP contribution < -0.4 is 15.4 Å². The Bertz CT molecular complexity index is 1140. The predicted molar refractivity (Wildman–Crippen MR) is 113 cm³/mol. The summed E-state index contributed by atoms with van der Waals surface area (Å²) in [6.07, 6.45) is 0. The molecule has 4 aromatic rings. The lowest BCUT2D eigenvalue weighted by Crippen LogP contribution is -2.27. The molecule has 0 bridgehead atoms. The molecule has 0 radical (unpaired) electrons. The number of methoxy groups -OCH3 is 1. The summed E-state index contributed by atoms with van der Waals surface area (Å²) in [5.74, 6) is 1.10. The van der Waals surface area contributed by atoms with Gasteiger partial charge in [-0.05, 0) is 35.9 Å². The first kappa shape index (κ1) is 18.6. The highest BCUT2D eigenvalue weighted by Gasteiger charge is 2.21. The first-order valence-electron chi connectivity index (χ1n) is 9.26. The van der Waals surface area contributed by atoms with Crippen LogP contribution in [-0.2, 0) is 4.79 Å². The van der Waals surface area contributed by atoms with Gasteiger partial charge in [-0.15, -0.1) is 0 Å². The lowest BCUT2D eigenvalue weighted by molar-refractivity contribution is -0.117. The summed E-state index contributed by atoms with van der Waals surface area (Å²) in [5, 5.41) is 6.28. The highest BCUT2D eigenvalue weighted by molar-refractivity contribution is 5.97. The van der Waals surface area contributed by atoms with E-state index in [0.717, 1.165) is 16.8 Å². The number of ether oxygens (including phenoxy) is 1. The van der Waals surface area contributed by atoms with Crippen LogP contribution in [0.1, 0.15) is 17.5 Å². The molecular weight excluding hydrogens is 366 g/mol. The van der Waals surface area contributed by atoms with Crippen molar-refractivity contribution in [1.29, 1.82) is 0 Å². The molecule has 0 fully saturated rings. The summed E-state index contributed by atoms with van der Waals surface area (Å²) in [6, 6.07) is 21.9. The lowest BCUT2D eigenvalue weighted by Gasteiger charge is -2.20. The van der Waals surface area contributed by atoms with Crippen molar-refractivity contribution < 1.29 is 13.9 Å². The summed E-state index contributed by atoms with van der Waals surface area (Å²) in [4.78, 5) is 17.5. The zero-order valence-corrected chi connectivity index (χ0v) is 16.2. The molecule has 0 spiro atoms. The SMILES string of the molecule is COc1cccc(NC(=O)[C@@H](Nc2ccc3oc(C)nc3c2)c2ccccc2)c1. The number of aryl methyl sites for hydroxylation is 1. The van der Waals surface area contributed by atoms with Crippen LogP contribution in [0.15, 0.2) is 77.2 Å². The Morgan fingerprint density at radius 3 is 2.62 bits per heavy atom. The van der Waals surface area contributed by atoms with Crippen molar-refractivity contribution in [3.63, 3.8) is 0 Å². The number of hydrogen-bond donors (Lipinski definition) is 2. The number of oxazole rings is 1. The number of benzene rings is 3. The van der Waals surface area contributed by atoms with Crippen molar-refractivity contribution in [2.75, 3.05) is 17.7 Å². The average Bonchev–Trinajstić information content (AvgIpc) is 3.12. The van der Waals surface area contributed by atoms with Gasteiger partial charge in [-0.1, -0.05) is 36.4 Å². The molecule has 3 aromatic carbocycles. The summed E-state index contributed by atoms with van der Waals surface area (Å²) in [5.41, 5.74) is 3.75. The van der Waals surface area contributed by atoms with Gasteiger partial charge in [0.2, 0.25) is 0 Å². The van der Waals surface area contributed by atoms with Crippen molar-refractivity contribution in [3.05, 3.63) is 84.3 Å². The van der Waals surface area contributed by atoms with Gasteiger partial charge in [0.05, 0.1) is 7.11 Å². The van der Waals surface area contributed by atoms with E-state index in [1.54, 1.807) is 20.1 Å². The van der Waals surface area contributed by atoms with Crippen LogP contribution >= 0.6 is 0 Å². The van der Waals surface area contributed by atoms with E-state index >= 15 is 0 Å². The molecule has 1 heterocycles. The molecule has 0 aliphatic rings. The molecule has 0 unspecified atom stereocenters. The molecule has 4 rings (SSSR count). The molecular formula is C23H21N3O3. The topological polar surface area (TPSA) is 76.4 Å². The highest BCUT2D eigenvalue weighted by atomic mass is 16.5. The Balaban J connectivity index is 1.62. The number of nitrogens with zero attached hydrogens (tertiary/aromatic N) is 1. The first-order valence-corrected chi connectivity index (χ1v) is 9.26. The minimum Gasteiger partial charge on any atom is -0.497 e. The van der Waals surface area contributed by atoms with Gasteiger partial charge >= 0.3 is 0 Å². The zero-order valence-electron chi connectivity index (χ0n) is 16.2. The van der Waals surface area contributed by atoms with Crippen LogP contribution in [-0.4, -0.2) is 18.0 Å². The molecule has 6 heteroatoms. The van der Waals surface area contributed by atoms with Crippen molar-refractivity contribution in [3.8, 4) is 5.75 Å². The number of aromatic nitrogens is 1. The summed E-state index contributed by atoms with van der Waals surface area (Å²) in [7, 11) is 1.59. The average molecular weight is 387 g/mol. The Hall–Kier alpha value is -3.80. The van der Waals surface area contributed by atoms with Crippen molar-refractivity contribution >= 4 is 28.4 Å². The van der Waals surface area contributed by atoms with Crippen LogP contribution in [0.5, 0.6) is 5.75 Å². The Morgan fingerprint density at radius 2 is 1.83 bits per heavy atom. The maximum absolute atomic E-state index is 13.1. The van der Waals surface area contributed by atoms with E-state index in [2.05, 4.69) is 15.6 Å². The van der Waals surface area contributed by atoms with Crippen LogP contribution in [0, 0.1) is 6.92 Å². The van der Waals surface area contributed by atoms with Crippen molar-refractivity contribution in [2.45, 2.75) is 13.0 Å². The maximum Gasteiger partial charge on any atom is 0.251 e. The minimum atomic E-state index is -0.590. The van der Waals surface area contributed by atoms with Crippen LogP contribution in [0.25, 0.3) is 11.1 Å². The monoisotopic (exact) mass is 387 g/mol. The zero-order chi connectivity index (χ0) is 20.2. The molecule has 0 aliphatic carbocycles. The lowest BCUT2D eigenvalue weighted by atomic mass is 10.1. The maximum atomic E-state index is 13.1. The number of fused-ring (bicyclic) bond motifs is 1. The Morgan fingerprint density at radius 1 is 1.00 bits per heavy atom. The second-order valence-corrected chi connectivity index (χ2v) is 6.62. The number of carbonyl (C=O) groups excluding carboxylic acids is 1. The minimum absolute atomic E-state index is 0.180. The second-order valence-electron chi connectivity index (χ2n) is 6.62. The molecule has 1 amide bonds. The second kappa shape index (κ2) is 8.06. The van der Waals surface area contributed by atoms with Crippen LogP contribution in [0.2, 0.25) is 0 Å². The normalized spacial score (nSPS) is 11.8. The van der Waals surface area contributed by atoms with Gasteiger partial charge in [0.15, 0.2) is 11.5 Å². The predicted octanol–water partition coefficient (Wildman–Crippen LogP) is 4.94. The standard InChI is InChI=1S/C23H21N3O3/c1-15-24-20-14-18(11-12-21(20)29-15)25-22(16-7-4-3-5-8-16)23(27)26-17-9-6-10-19(13-17)28-2/h3-14,22,25H,1-2H3,(H,26,27)/t22-/m0/s1. The molecule has 0 aliphatic heterocycles. The largest absolute Gasteiger partial charge is 0.497 e. The molecule has 0 saturated carbocycles. The number of anilines is 2. The third-order valence-electron chi connectivity index (χ3n) is 4.54. The fourth-order valence-electron chi connectivity index (χ4n) is 3.16. The summed E-state index contributed by atoms with van der Waals surface area (Å²) < 4.78 is 10.8. The van der Waals surface area contributed by atoms with Gasteiger partial charge < -0.3 is 19.8 Å². The van der Waals surface area contributed by atoms with Gasteiger partial charge in [-0.25, -0.2) is 4.98 Å². The van der Waals surface area contributed by atoms with Crippen LogP contribution in [0.4, 0.5) is 11.4 Å². The van der Waals surface area contributed by atoms with E-state index in [-0.39, 0.29) is 5.91 Å². The van der Waals surface area contributed by atoms with Gasteiger partial charge in [-0.3, -0.25) is 4.79 Å². The number of hydrogen-bond acceptors (Lipinski definition) is 5. The highest BCUT2D eigenvalue weighted by Crippen LogP contribution is 2.26. The summed E-state index contributed by atoms with van der Waals surface area (Å²) in [6.45, 7) is 1.81. The molecule has 29 heavy (non-hydrogen) atoms.